The van der Waals surface area contributed by atoms with Crippen LogP contribution in [0.25, 0.3) is 0 Å². The van der Waals surface area contributed by atoms with Crippen molar-refractivity contribution >= 4 is 13.8 Å². The smallest absolute Gasteiger partial charge is 0.172 e. The van der Waals surface area contributed by atoms with Gasteiger partial charge in [-0.3, -0.25) is 0 Å². The first-order valence-electron chi connectivity index (χ1n) is 7.34. The first-order chi connectivity index (χ1) is 9.81. The van der Waals surface area contributed by atoms with Crippen LogP contribution in [-0.4, -0.2) is 20.4 Å². The predicted octanol–water partition coefficient (Wildman–Crippen LogP) is -1.00. The molecule has 0 spiro atoms. The van der Waals surface area contributed by atoms with Crippen LogP contribution < -0.4 is 24.8 Å². The first kappa shape index (κ1) is 28.4. The van der Waals surface area contributed by atoms with Crippen LogP contribution in [0.2, 0.25) is 32.7 Å². The fraction of sp³-hybridized carbons (Fsp3) is 0.412. The van der Waals surface area contributed by atoms with Gasteiger partial charge in [-0.25, -0.2) is 18.2 Å². The summed E-state index contributed by atoms with van der Waals surface area (Å²) in [5.41, 5.74) is 1.59. The topological polar surface area (TPSA) is 9.23 Å². The van der Waals surface area contributed by atoms with Gasteiger partial charge in [0.25, 0.3) is 0 Å². The molecule has 0 N–H and O–H groups in total. The minimum absolute atomic E-state index is 0. The molecule has 0 bridgehead atoms. The maximum absolute atomic E-state index is 5.74. The second kappa shape index (κ2) is 17.4. The van der Waals surface area contributed by atoms with Gasteiger partial charge in [-0.05, 0) is 19.6 Å². The molecule has 0 unspecified atom stereocenters. The van der Waals surface area contributed by atoms with E-state index in [1.807, 2.05) is 30.3 Å². The molecule has 0 aromatic heterocycles. The van der Waals surface area contributed by atoms with Crippen LogP contribution in [-0.2, 0) is 34.2 Å². The van der Waals surface area contributed by atoms with Gasteiger partial charge in [-0.2, -0.15) is 42.0 Å². The summed E-state index contributed by atoms with van der Waals surface area (Å²) >= 11 is 1.74. The summed E-state index contributed by atoms with van der Waals surface area (Å²) in [4.78, 5) is 0. The van der Waals surface area contributed by atoms with Gasteiger partial charge in [0.15, 0.2) is 8.32 Å². The van der Waals surface area contributed by atoms with Crippen LogP contribution in [0.5, 0.6) is 0 Å². The molecular formula is C17H28Cl2OSi2Zr-2. The maximum Gasteiger partial charge on any atom is -0.172 e. The fourth-order valence-corrected chi connectivity index (χ4v) is 2.09. The Balaban J connectivity index is -0.000000305. The Labute approximate surface area is 171 Å². The molecule has 23 heavy (non-hydrogen) atoms. The van der Waals surface area contributed by atoms with Crippen molar-refractivity contribution in [3.05, 3.63) is 60.2 Å². The Morgan fingerprint density at radius 1 is 1.04 bits per heavy atom. The Morgan fingerprint density at radius 3 is 1.87 bits per heavy atom. The number of rotatable bonds is 4. The van der Waals surface area contributed by atoms with Gasteiger partial charge in [-0.15, -0.1) is 0 Å². The molecule has 0 radical (unpaired) electrons. The van der Waals surface area contributed by atoms with E-state index < -0.39 is 8.32 Å². The summed E-state index contributed by atoms with van der Waals surface area (Å²) in [6, 6.07) is 18.4. The van der Waals surface area contributed by atoms with E-state index in [0.29, 0.717) is 0 Å². The second-order valence-electron chi connectivity index (χ2n) is 5.97. The van der Waals surface area contributed by atoms with E-state index in [-0.39, 0.29) is 30.2 Å². The quantitative estimate of drug-likeness (QED) is 0.415. The van der Waals surface area contributed by atoms with Crippen molar-refractivity contribution in [2.75, 3.05) is 6.61 Å². The first-order valence-corrected chi connectivity index (χ1v) is 16.9. The summed E-state index contributed by atoms with van der Waals surface area (Å²) in [6.45, 7) is 12.2. The molecule has 0 amide bonds. The van der Waals surface area contributed by atoms with Gasteiger partial charge < -0.3 is 29.2 Å². The molecule has 2 aromatic rings. The van der Waals surface area contributed by atoms with E-state index in [1.54, 1.807) is 23.3 Å². The largest absolute Gasteiger partial charge is 1.00 e. The standard InChI is InChI=1S/C10H17OSi.C5H5.C2H6Si.2ClH.Zr/c1-12(2,3)11-9-8-10-6-4-5-7-10;1-2-4-5-3-1;1-3-2;;;/h4-7H,8-9H2,1-3H3;1-5H;1-2H3;2*1H;/q2*-1;;;;+2/p-2. The van der Waals surface area contributed by atoms with Gasteiger partial charge in [0, 0.05) is 6.61 Å². The van der Waals surface area contributed by atoms with E-state index in [9.17, 15) is 0 Å². The molecule has 1 nitrogen and oxygen atoms in total. The zero-order valence-corrected chi connectivity index (χ0v) is 20.7. The number of hydrogen-bond acceptors (Lipinski definition) is 1. The van der Waals surface area contributed by atoms with E-state index >= 15 is 0 Å². The Morgan fingerprint density at radius 2 is 1.57 bits per heavy atom. The molecule has 6 heteroatoms. The summed E-state index contributed by atoms with van der Waals surface area (Å²) in [5, 5.41) is 0. The van der Waals surface area contributed by atoms with E-state index in [2.05, 4.69) is 57.0 Å². The zero-order chi connectivity index (χ0) is 16.1. The van der Waals surface area contributed by atoms with Gasteiger partial charge in [-0.1, -0.05) is 6.42 Å². The Hall–Kier alpha value is 0.557. The summed E-state index contributed by atoms with van der Waals surface area (Å²) in [5.74, 6) is 0. The molecule has 2 aromatic carbocycles. The van der Waals surface area contributed by atoms with Gasteiger partial charge in [0.1, 0.15) is 0 Å². The molecule has 130 valence electrons. The average molecular weight is 467 g/mol. The Kier molecular flexibility index (Phi) is 21.4. The monoisotopic (exact) mass is 464 g/mol. The predicted molar refractivity (Wildman–Crippen MR) is 94.6 cm³/mol. The molecule has 0 aliphatic heterocycles. The fourth-order valence-electron chi connectivity index (χ4n) is 1.38. The molecule has 0 aliphatic carbocycles. The zero-order valence-electron chi connectivity index (χ0n) is 14.8. The molecule has 0 saturated carbocycles. The van der Waals surface area contributed by atoms with Crippen LogP contribution >= 0.6 is 0 Å². The van der Waals surface area contributed by atoms with Crippen LogP contribution in [0.15, 0.2) is 54.6 Å². The average Bonchev–Trinajstić information content (AvgIpc) is 3.02. The van der Waals surface area contributed by atoms with Crippen molar-refractivity contribution in [1.29, 1.82) is 0 Å². The van der Waals surface area contributed by atoms with Crippen molar-refractivity contribution in [3.63, 3.8) is 0 Å². The third-order valence-electron chi connectivity index (χ3n) is 2.21. The van der Waals surface area contributed by atoms with Crippen molar-refractivity contribution < 1.29 is 52.6 Å². The SMILES string of the molecule is C[Si](C)(C)OCCc1cc[cH-]c1.C[Si](C)=[Zr+2].[Cl-].[Cl-].c1cc[cH-]c1. The van der Waals surface area contributed by atoms with Gasteiger partial charge in [0.05, 0.1) is 0 Å². The van der Waals surface area contributed by atoms with E-state index in [4.69, 9.17) is 4.43 Å². The summed E-state index contributed by atoms with van der Waals surface area (Å²) in [6.07, 6.45) is 1.05. The second-order valence-corrected chi connectivity index (χ2v) is 19.9. The normalized spacial score (nSPS) is 9.17. The third-order valence-corrected chi connectivity index (χ3v) is 3.28. The molecule has 2 rings (SSSR count). The third kappa shape index (κ3) is 24.9. The van der Waals surface area contributed by atoms with E-state index in [0.717, 1.165) is 13.0 Å². The molecule has 0 heterocycles. The van der Waals surface area contributed by atoms with Crippen molar-refractivity contribution in [2.45, 2.75) is 39.2 Å². The number of hydrogen-bond donors (Lipinski definition) is 0. The molecule has 0 atom stereocenters. The van der Waals surface area contributed by atoms with Crippen LogP contribution in [0.4, 0.5) is 0 Å². The number of halogens is 2. The Bertz CT molecular complexity index is 430. The van der Waals surface area contributed by atoms with Crippen molar-refractivity contribution in [1.82, 2.24) is 0 Å². The van der Waals surface area contributed by atoms with Crippen LogP contribution in [0, 0.1) is 0 Å². The minimum Gasteiger partial charge on any atom is -1.00 e. The summed E-state index contributed by atoms with van der Waals surface area (Å²) in [7, 11) is -1.29. The minimum atomic E-state index is -1.29. The molecule has 0 saturated heterocycles. The summed E-state index contributed by atoms with van der Waals surface area (Å²) < 4.78 is 5.74. The maximum atomic E-state index is 5.74. The molecular weight excluding hydrogens is 438 g/mol. The molecule has 0 aliphatic rings. The van der Waals surface area contributed by atoms with E-state index in [1.165, 1.54) is 5.56 Å². The van der Waals surface area contributed by atoms with Crippen molar-refractivity contribution in [3.8, 4) is 0 Å². The molecule has 0 fully saturated rings. The van der Waals surface area contributed by atoms with Gasteiger partial charge in [0.2, 0.25) is 0 Å². The van der Waals surface area contributed by atoms with Crippen LogP contribution in [0.1, 0.15) is 5.56 Å². The van der Waals surface area contributed by atoms with Crippen LogP contribution in [0.3, 0.4) is 0 Å². The van der Waals surface area contributed by atoms with Gasteiger partial charge >= 0.3 is 41.9 Å². The van der Waals surface area contributed by atoms with Crippen molar-refractivity contribution in [2.24, 2.45) is 0 Å².